The molecular weight excluding hydrogens is 352 g/mol. The molecule has 1 amide bonds. The molecule has 1 aliphatic carbocycles. The molecule has 4 aliphatic rings. The maximum Gasteiger partial charge on any atom is 0.240 e. The van der Waals surface area contributed by atoms with Crippen LogP contribution in [-0.4, -0.2) is 110 Å². The maximum absolute atomic E-state index is 13.3. The molecule has 0 aromatic heterocycles. The van der Waals surface area contributed by atoms with E-state index in [0.717, 1.165) is 85.0 Å². The van der Waals surface area contributed by atoms with E-state index in [1.165, 1.54) is 38.5 Å². The van der Waals surface area contributed by atoms with E-state index in [2.05, 4.69) is 19.6 Å². The first kappa shape index (κ1) is 20.6. The number of piperidine rings is 1. The summed E-state index contributed by atoms with van der Waals surface area (Å²) in [6, 6.07) is 0.841. The molecule has 0 N–H and O–H groups in total. The van der Waals surface area contributed by atoms with E-state index >= 15 is 0 Å². The van der Waals surface area contributed by atoms with E-state index < -0.39 is 0 Å². The van der Waals surface area contributed by atoms with E-state index in [0.29, 0.717) is 11.9 Å². The lowest BCUT2D eigenvalue weighted by Crippen LogP contribution is -2.58. The topological polar surface area (TPSA) is 39.3 Å². The van der Waals surface area contributed by atoms with Crippen molar-refractivity contribution in [1.82, 2.24) is 19.6 Å². The number of ether oxygens (including phenoxy) is 1. The van der Waals surface area contributed by atoms with Gasteiger partial charge in [0, 0.05) is 65.0 Å². The van der Waals surface area contributed by atoms with E-state index in [-0.39, 0.29) is 6.04 Å². The molecule has 0 unspecified atom stereocenters. The molecule has 6 nitrogen and oxygen atoms in total. The Morgan fingerprint density at radius 1 is 0.714 bits per heavy atom. The predicted octanol–water partition coefficient (Wildman–Crippen LogP) is 1.65. The van der Waals surface area contributed by atoms with Gasteiger partial charge in [-0.05, 0) is 38.6 Å². The molecule has 4 fully saturated rings. The van der Waals surface area contributed by atoms with Crippen LogP contribution in [0.15, 0.2) is 0 Å². The lowest BCUT2D eigenvalue weighted by molar-refractivity contribution is -0.141. The fourth-order valence-corrected chi connectivity index (χ4v) is 5.60. The van der Waals surface area contributed by atoms with Gasteiger partial charge in [0.25, 0.3) is 0 Å². The molecule has 1 saturated carbocycles. The Morgan fingerprint density at radius 3 is 2.21 bits per heavy atom. The molecule has 4 rings (SSSR count). The molecule has 3 heterocycles. The molecule has 6 heteroatoms. The van der Waals surface area contributed by atoms with Crippen LogP contribution in [0.5, 0.6) is 0 Å². The smallest absolute Gasteiger partial charge is 0.240 e. The zero-order chi connectivity index (χ0) is 19.2. The van der Waals surface area contributed by atoms with Gasteiger partial charge in [0.2, 0.25) is 5.91 Å². The van der Waals surface area contributed by atoms with Crippen LogP contribution in [0.4, 0.5) is 0 Å². The van der Waals surface area contributed by atoms with Crippen molar-refractivity contribution in [3.05, 3.63) is 0 Å². The average Bonchev–Trinajstić information content (AvgIpc) is 3.16. The first-order chi connectivity index (χ1) is 13.8. The van der Waals surface area contributed by atoms with Gasteiger partial charge in [-0.25, -0.2) is 0 Å². The van der Waals surface area contributed by atoms with Crippen molar-refractivity contribution in [2.75, 3.05) is 72.1 Å². The Morgan fingerprint density at radius 2 is 1.43 bits per heavy atom. The molecule has 0 aromatic rings. The van der Waals surface area contributed by atoms with Gasteiger partial charge in [0.1, 0.15) is 0 Å². The van der Waals surface area contributed by atoms with Gasteiger partial charge < -0.3 is 9.64 Å². The Kier molecular flexibility index (Phi) is 7.62. The minimum absolute atomic E-state index is 0.167. The molecule has 1 atom stereocenters. The molecule has 160 valence electrons. The molecule has 0 radical (unpaired) electrons. The first-order valence-electron chi connectivity index (χ1n) is 11.9. The highest BCUT2D eigenvalue weighted by molar-refractivity contribution is 5.82. The number of carbonyl (C=O) groups excluding carboxylic acids is 1. The zero-order valence-corrected chi connectivity index (χ0v) is 17.7. The molecule has 0 bridgehead atoms. The summed E-state index contributed by atoms with van der Waals surface area (Å²) in [5.41, 5.74) is 0. The Labute approximate surface area is 171 Å². The van der Waals surface area contributed by atoms with Crippen molar-refractivity contribution in [1.29, 1.82) is 0 Å². The summed E-state index contributed by atoms with van der Waals surface area (Å²) in [4.78, 5) is 23.2. The van der Waals surface area contributed by atoms with Crippen LogP contribution in [0.3, 0.4) is 0 Å². The summed E-state index contributed by atoms with van der Waals surface area (Å²) < 4.78 is 5.56. The summed E-state index contributed by atoms with van der Waals surface area (Å²) >= 11 is 0. The van der Waals surface area contributed by atoms with Gasteiger partial charge in [-0.2, -0.15) is 0 Å². The maximum atomic E-state index is 13.3. The van der Waals surface area contributed by atoms with Crippen molar-refractivity contribution in [3.8, 4) is 0 Å². The van der Waals surface area contributed by atoms with Crippen LogP contribution in [-0.2, 0) is 9.53 Å². The fourth-order valence-electron chi connectivity index (χ4n) is 5.60. The Bertz CT molecular complexity index is 481. The Hall–Kier alpha value is -0.690. The Balaban J connectivity index is 1.22. The third-order valence-electron chi connectivity index (χ3n) is 7.35. The second-order valence-electron chi connectivity index (χ2n) is 9.16. The van der Waals surface area contributed by atoms with Gasteiger partial charge in [-0.1, -0.05) is 19.3 Å². The SMILES string of the molecule is O=C([C@H]1CCCCN1C1CCCC1)N1CCN(CCN2CCCOCC2)CC1. The molecule has 0 spiro atoms. The molecule has 28 heavy (non-hydrogen) atoms. The third-order valence-corrected chi connectivity index (χ3v) is 7.35. The van der Waals surface area contributed by atoms with E-state index in [4.69, 9.17) is 4.74 Å². The van der Waals surface area contributed by atoms with E-state index in [1.54, 1.807) is 0 Å². The van der Waals surface area contributed by atoms with Crippen LogP contribution in [0.2, 0.25) is 0 Å². The van der Waals surface area contributed by atoms with Crippen LogP contribution in [0.25, 0.3) is 0 Å². The fraction of sp³-hybridized carbons (Fsp3) is 0.955. The number of hydrogen-bond acceptors (Lipinski definition) is 5. The van der Waals surface area contributed by atoms with Crippen LogP contribution in [0.1, 0.15) is 51.4 Å². The third kappa shape index (κ3) is 5.26. The number of nitrogens with zero attached hydrogens (tertiary/aromatic N) is 4. The molecule has 0 aromatic carbocycles. The van der Waals surface area contributed by atoms with Crippen LogP contribution >= 0.6 is 0 Å². The van der Waals surface area contributed by atoms with Crippen LogP contribution < -0.4 is 0 Å². The predicted molar refractivity (Wildman–Crippen MR) is 111 cm³/mol. The van der Waals surface area contributed by atoms with Gasteiger partial charge >= 0.3 is 0 Å². The highest BCUT2D eigenvalue weighted by atomic mass is 16.5. The second-order valence-corrected chi connectivity index (χ2v) is 9.16. The van der Waals surface area contributed by atoms with Crippen molar-refractivity contribution >= 4 is 5.91 Å². The lowest BCUT2D eigenvalue weighted by atomic mass is 9.97. The lowest BCUT2D eigenvalue weighted by Gasteiger charge is -2.43. The highest BCUT2D eigenvalue weighted by Gasteiger charge is 2.37. The van der Waals surface area contributed by atoms with Gasteiger partial charge in [0.05, 0.1) is 12.6 Å². The quantitative estimate of drug-likeness (QED) is 0.711. The number of piperazine rings is 1. The monoisotopic (exact) mass is 392 g/mol. The van der Waals surface area contributed by atoms with E-state index in [9.17, 15) is 4.79 Å². The number of rotatable bonds is 5. The normalized spacial score (nSPS) is 29.9. The van der Waals surface area contributed by atoms with Crippen molar-refractivity contribution in [2.45, 2.75) is 63.5 Å². The largest absolute Gasteiger partial charge is 0.380 e. The van der Waals surface area contributed by atoms with Gasteiger partial charge in [-0.3, -0.25) is 19.5 Å². The summed E-state index contributed by atoms with van der Waals surface area (Å²) in [5, 5.41) is 0. The standard InChI is InChI=1S/C22H40N4O2/c27-22(21-8-3-4-10-26(21)20-6-1-2-7-20)25-15-13-24(14-16-25)12-11-23-9-5-18-28-19-17-23/h20-21H,1-19H2/t21-/m1/s1. The van der Waals surface area contributed by atoms with Gasteiger partial charge in [0.15, 0.2) is 0 Å². The second kappa shape index (κ2) is 10.4. The number of carbonyl (C=O) groups is 1. The number of likely N-dealkylation sites (tertiary alicyclic amines) is 1. The minimum atomic E-state index is 0.167. The van der Waals surface area contributed by atoms with Crippen molar-refractivity contribution < 1.29 is 9.53 Å². The number of amides is 1. The molecule has 3 saturated heterocycles. The summed E-state index contributed by atoms with van der Waals surface area (Å²) in [7, 11) is 0. The number of hydrogen-bond donors (Lipinski definition) is 0. The summed E-state index contributed by atoms with van der Waals surface area (Å²) in [6.45, 7) is 11.3. The minimum Gasteiger partial charge on any atom is -0.380 e. The first-order valence-corrected chi connectivity index (χ1v) is 11.9. The van der Waals surface area contributed by atoms with Crippen LogP contribution in [0, 0.1) is 0 Å². The molecule has 3 aliphatic heterocycles. The summed E-state index contributed by atoms with van der Waals surface area (Å²) in [6.07, 6.45) is 10.0. The summed E-state index contributed by atoms with van der Waals surface area (Å²) in [5.74, 6) is 0.427. The highest BCUT2D eigenvalue weighted by Crippen LogP contribution is 2.30. The average molecular weight is 393 g/mol. The van der Waals surface area contributed by atoms with E-state index in [1.807, 2.05) is 0 Å². The van der Waals surface area contributed by atoms with Crippen molar-refractivity contribution in [2.24, 2.45) is 0 Å². The van der Waals surface area contributed by atoms with Gasteiger partial charge in [-0.15, -0.1) is 0 Å². The zero-order valence-electron chi connectivity index (χ0n) is 17.7. The molecular formula is C22H40N4O2. The van der Waals surface area contributed by atoms with Crippen molar-refractivity contribution in [3.63, 3.8) is 0 Å².